The number of fused-ring (bicyclic) bond motifs is 2. The highest BCUT2D eigenvalue weighted by molar-refractivity contribution is 7.95. The van der Waals surface area contributed by atoms with Gasteiger partial charge in [-0.05, 0) is 36.6 Å². The number of hydrogen-bond acceptors (Lipinski definition) is 4. The number of rotatable bonds is 1. The number of likely N-dealkylation sites (tertiary alicyclic amines) is 2. The Balaban J connectivity index is 1.66. The van der Waals surface area contributed by atoms with Crippen molar-refractivity contribution in [2.75, 3.05) is 33.2 Å². The molecule has 4 rings (SSSR count). The Bertz CT molecular complexity index is 682. The van der Waals surface area contributed by atoms with Crippen LogP contribution < -0.4 is 0 Å². The molecule has 0 aliphatic carbocycles. The predicted molar refractivity (Wildman–Crippen MR) is 77.7 cm³/mol. The summed E-state index contributed by atoms with van der Waals surface area (Å²) in [5.41, 5.74) is 0.830. The van der Waals surface area contributed by atoms with Crippen LogP contribution in [0.25, 0.3) is 6.08 Å². The molecule has 2 saturated heterocycles. The van der Waals surface area contributed by atoms with E-state index in [9.17, 15) is 8.42 Å². The zero-order valence-corrected chi connectivity index (χ0v) is 12.3. The molecule has 2 atom stereocenters. The van der Waals surface area contributed by atoms with Crippen LogP contribution in [0.4, 0.5) is 0 Å². The van der Waals surface area contributed by atoms with Gasteiger partial charge in [-0.3, -0.25) is 0 Å². The SMILES string of the molecule is CN1CC2CN(C3=Cc4ccccc4S3(=O)=O)CC2C1. The lowest BCUT2D eigenvalue weighted by atomic mass is 10.0. The lowest BCUT2D eigenvalue weighted by molar-refractivity contribution is 0.330. The maximum Gasteiger partial charge on any atom is 0.222 e. The van der Waals surface area contributed by atoms with Crippen molar-refractivity contribution >= 4 is 15.9 Å². The second-order valence-electron chi connectivity index (χ2n) is 6.17. The Morgan fingerprint density at radius 2 is 1.70 bits per heavy atom. The summed E-state index contributed by atoms with van der Waals surface area (Å²) in [6.07, 6.45) is 1.84. The first kappa shape index (κ1) is 12.4. The Morgan fingerprint density at radius 3 is 2.35 bits per heavy atom. The van der Waals surface area contributed by atoms with Crippen molar-refractivity contribution in [3.63, 3.8) is 0 Å². The van der Waals surface area contributed by atoms with Crippen LogP contribution in [0.1, 0.15) is 5.56 Å². The number of sulfone groups is 1. The minimum absolute atomic E-state index is 0.462. The predicted octanol–water partition coefficient (Wildman–Crippen LogP) is 1.27. The molecule has 3 aliphatic heterocycles. The van der Waals surface area contributed by atoms with Gasteiger partial charge in [0, 0.05) is 26.2 Å². The van der Waals surface area contributed by atoms with Crippen molar-refractivity contribution in [3.8, 4) is 0 Å². The van der Waals surface area contributed by atoms with Crippen LogP contribution >= 0.6 is 0 Å². The fraction of sp³-hybridized carbons (Fsp3) is 0.467. The van der Waals surface area contributed by atoms with Gasteiger partial charge < -0.3 is 9.80 Å². The molecule has 0 N–H and O–H groups in total. The molecular formula is C15H18N2O2S. The molecule has 0 spiro atoms. The fourth-order valence-corrected chi connectivity index (χ4v) is 5.53. The van der Waals surface area contributed by atoms with Crippen LogP contribution in [0.15, 0.2) is 34.2 Å². The van der Waals surface area contributed by atoms with Crippen LogP contribution in [0.2, 0.25) is 0 Å². The molecule has 1 aromatic carbocycles. The summed E-state index contributed by atoms with van der Waals surface area (Å²) in [7, 11) is -1.16. The summed E-state index contributed by atoms with van der Waals surface area (Å²) < 4.78 is 25.3. The monoisotopic (exact) mass is 290 g/mol. The second-order valence-corrected chi connectivity index (χ2v) is 8.04. The summed E-state index contributed by atoms with van der Waals surface area (Å²) >= 11 is 0. The van der Waals surface area contributed by atoms with Gasteiger partial charge in [-0.2, -0.15) is 0 Å². The van der Waals surface area contributed by atoms with E-state index in [0.717, 1.165) is 31.7 Å². The van der Waals surface area contributed by atoms with Gasteiger partial charge in [0.05, 0.1) is 4.90 Å². The first-order valence-electron chi connectivity index (χ1n) is 7.05. The lowest BCUT2D eigenvalue weighted by Crippen LogP contribution is -2.28. The molecule has 20 heavy (non-hydrogen) atoms. The van der Waals surface area contributed by atoms with Gasteiger partial charge in [-0.1, -0.05) is 18.2 Å². The van der Waals surface area contributed by atoms with Gasteiger partial charge in [-0.25, -0.2) is 8.42 Å². The maximum absolute atomic E-state index is 12.6. The van der Waals surface area contributed by atoms with E-state index >= 15 is 0 Å². The van der Waals surface area contributed by atoms with Crippen molar-refractivity contribution in [2.24, 2.45) is 11.8 Å². The summed E-state index contributed by atoms with van der Waals surface area (Å²) in [6, 6.07) is 7.27. The molecule has 4 nitrogen and oxygen atoms in total. The minimum atomic E-state index is -3.30. The van der Waals surface area contributed by atoms with E-state index < -0.39 is 9.84 Å². The molecule has 0 saturated carbocycles. The average molecular weight is 290 g/mol. The largest absolute Gasteiger partial charge is 0.361 e. The van der Waals surface area contributed by atoms with E-state index in [1.807, 2.05) is 18.2 Å². The molecule has 0 radical (unpaired) electrons. The number of benzene rings is 1. The third-order valence-electron chi connectivity index (χ3n) is 4.74. The second kappa shape index (κ2) is 4.09. The average Bonchev–Trinajstić information content (AvgIpc) is 2.99. The molecular weight excluding hydrogens is 272 g/mol. The van der Waals surface area contributed by atoms with E-state index in [1.165, 1.54) is 0 Å². The number of hydrogen-bond donors (Lipinski definition) is 0. The molecule has 0 aromatic heterocycles. The maximum atomic E-state index is 12.6. The third kappa shape index (κ3) is 1.66. The smallest absolute Gasteiger partial charge is 0.222 e. The van der Waals surface area contributed by atoms with Gasteiger partial charge in [0.25, 0.3) is 0 Å². The highest BCUT2D eigenvalue weighted by Crippen LogP contribution is 2.39. The zero-order valence-electron chi connectivity index (χ0n) is 11.5. The first-order chi connectivity index (χ1) is 9.55. The molecule has 1 aromatic rings. The van der Waals surface area contributed by atoms with Crippen molar-refractivity contribution in [2.45, 2.75) is 4.90 Å². The first-order valence-corrected chi connectivity index (χ1v) is 8.53. The molecule has 5 heteroatoms. The van der Waals surface area contributed by atoms with E-state index in [1.54, 1.807) is 12.1 Å². The molecule has 3 heterocycles. The third-order valence-corrected chi connectivity index (χ3v) is 6.62. The molecule has 0 amide bonds. The van der Waals surface area contributed by atoms with Gasteiger partial charge in [0.1, 0.15) is 5.03 Å². The van der Waals surface area contributed by atoms with Gasteiger partial charge in [-0.15, -0.1) is 0 Å². The lowest BCUT2D eigenvalue weighted by Gasteiger charge is -2.21. The Morgan fingerprint density at radius 1 is 1.05 bits per heavy atom. The van der Waals surface area contributed by atoms with Crippen LogP contribution in [0.5, 0.6) is 0 Å². The van der Waals surface area contributed by atoms with Crippen LogP contribution in [0.3, 0.4) is 0 Å². The quantitative estimate of drug-likeness (QED) is 0.781. The van der Waals surface area contributed by atoms with Gasteiger partial charge in [0.15, 0.2) is 0 Å². The number of nitrogens with zero attached hydrogens (tertiary/aromatic N) is 2. The zero-order chi connectivity index (χ0) is 13.9. The van der Waals surface area contributed by atoms with E-state index in [2.05, 4.69) is 16.8 Å². The van der Waals surface area contributed by atoms with Gasteiger partial charge in [0.2, 0.25) is 9.84 Å². The van der Waals surface area contributed by atoms with E-state index in [0.29, 0.717) is 21.8 Å². The van der Waals surface area contributed by atoms with Crippen molar-refractivity contribution in [1.29, 1.82) is 0 Å². The van der Waals surface area contributed by atoms with Crippen molar-refractivity contribution in [1.82, 2.24) is 9.80 Å². The highest BCUT2D eigenvalue weighted by Gasteiger charge is 2.43. The molecule has 2 fully saturated rings. The van der Waals surface area contributed by atoms with Crippen molar-refractivity contribution < 1.29 is 8.42 Å². The Kier molecular flexibility index (Phi) is 2.54. The van der Waals surface area contributed by atoms with E-state index in [4.69, 9.17) is 0 Å². The van der Waals surface area contributed by atoms with Crippen LogP contribution in [-0.2, 0) is 9.84 Å². The molecule has 106 valence electrons. The molecule has 3 aliphatic rings. The molecule has 0 bridgehead atoms. The summed E-state index contributed by atoms with van der Waals surface area (Å²) in [5, 5.41) is 0.510. The van der Waals surface area contributed by atoms with Crippen molar-refractivity contribution in [3.05, 3.63) is 34.9 Å². The summed E-state index contributed by atoms with van der Waals surface area (Å²) in [4.78, 5) is 4.89. The highest BCUT2D eigenvalue weighted by atomic mass is 32.2. The summed E-state index contributed by atoms with van der Waals surface area (Å²) in [6.45, 7) is 3.91. The minimum Gasteiger partial charge on any atom is -0.361 e. The normalized spacial score (nSPS) is 31.2. The van der Waals surface area contributed by atoms with Crippen LogP contribution in [0, 0.1) is 11.8 Å². The van der Waals surface area contributed by atoms with Crippen LogP contribution in [-0.4, -0.2) is 51.4 Å². The van der Waals surface area contributed by atoms with Gasteiger partial charge >= 0.3 is 0 Å². The Labute approximate surface area is 119 Å². The Hall–Kier alpha value is -1.33. The topological polar surface area (TPSA) is 40.6 Å². The fourth-order valence-electron chi connectivity index (χ4n) is 3.84. The standard InChI is InChI=1S/C15H18N2O2S/c1-16-7-12-9-17(10-13(12)8-16)15-6-11-4-2-3-5-14(11)20(15,18)19/h2-6,12-13H,7-10H2,1H3. The molecule has 2 unspecified atom stereocenters. The van der Waals surface area contributed by atoms with E-state index in [-0.39, 0.29) is 0 Å². The summed E-state index contributed by atoms with van der Waals surface area (Å²) in [5.74, 6) is 1.22.